The Bertz CT molecular complexity index is 646. The normalized spacial score (nSPS) is 10.6. The van der Waals surface area contributed by atoms with E-state index >= 15 is 0 Å². The van der Waals surface area contributed by atoms with Gasteiger partial charge in [0.25, 0.3) is 5.56 Å². The van der Waals surface area contributed by atoms with Crippen LogP contribution in [0.2, 0.25) is 0 Å². The average molecular weight is 246 g/mol. The number of hydrogen-bond acceptors (Lipinski definition) is 4. The van der Waals surface area contributed by atoms with Crippen molar-refractivity contribution in [2.24, 2.45) is 0 Å². The van der Waals surface area contributed by atoms with Crippen LogP contribution in [0.15, 0.2) is 29.3 Å². The van der Waals surface area contributed by atoms with Gasteiger partial charge >= 0.3 is 5.97 Å². The Morgan fingerprint density at radius 2 is 2.22 bits per heavy atom. The van der Waals surface area contributed by atoms with Crippen molar-refractivity contribution in [1.82, 2.24) is 9.55 Å². The minimum absolute atomic E-state index is 0.108. The van der Waals surface area contributed by atoms with E-state index in [4.69, 9.17) is 4.74 Å². The summed E-state index contributed by atoms with van der Waals surface area (Å²) in [6.45, 7) is 3.82. The van der Waals surface area contributed by atoms with E-state index in [0.29, 0.717) is 17.5 Å². The quantitative estimate of drug-likeness (QED) is 0.765. The van der Waals surface area contributed by atoms with Gasteiger partial charge in [-0.1, -0.05) is 11.6 Å². The number of rotatable bonds is 3. The van der Waals surface area contributed by atoms with Crippen LogP contribution < -0.4 is 5.56 Å². The molecule has 1 aromatic carbocycles. The summed E-state index contributed by atoms with van der Waals surface area (Å²) < 4.78 is 6.07. The molecule has 0 unspecified atom stereocenters. The minimum Gasteiger partial charge on any atom is -0.465 e. The molecule has 0 bridgehead atoms. The van der Waals surface area contributed by atoms with Crippen molar-refractivity contribution in [2.45, 2.75) is 20.4 Å². The molecule has 0 atom stereocenters. The van der Waals surface area contributed by atoms with E-state index in [1.54, 1.807) is 19.1 Å². The molecule has 0 saturated carbocycles. The van der Waals surface area contributed by atoms with Gasteiger partial charge in [0, 0.05) is 0 Å². The molecular weight excluding hydrogens is 232 g/mol. The van der Waals surface area contributed by atoms with E-state index in [-0.39, 0.29) is 12.1 Å². The predicted molar refractivity (Wildman–Crippen MR) is 67.4 cm³/mol. The molecule has 0 fully saturated rings. The number of ether oxygens (including phenoxy) is 1. The lowest BCUT2D eigenvalue weighted by Gasteiger charge is -2.06. The van der Waals surface area contributed by atoms with Crippen molar-refractivity contribution >= 4 is 16.9 Å². The first-order valence-corrected chi connectivity index (χ1v) is 5.73. The number of aryl methyl sites for hydroxylation is 1. The number of aromatic nitrogens is 2. The molecule has 1 aromatic heterocycles. The van der Waals surface area contributed by atoms with Crippen LogP contribution in [-0.4, -0.2) is 22.1 Å². The minimum atomic E-state index is -0.437. The maximum atomic E-state index is 12.1. The van der Waals surface area contributed by atoms with Crippen molar-refractivity contribution in [3.8, 4) is 0 Å². The van der Waals surface area contributed by atoms with Crippen molar-refractivity contribution in [3.63, 3.8) is 0 Å². The lowest BCUT2D eigenvalue weighted by Crippen LogP contribution is -2.25. The summed E-state index contributed by atoms with van der Waals surface area (Å²) in [5, 5.41) is 0.516. The summed E-state index contributed by atoms with van der Waals surface area (Å²) in [6, 6.07) is 5.46. The molecule has 94 valence electrons. The predicted octanol–water partition coefficient (Wildman–Crippen LogP) is 1.27. The first kappa shape index (κ1) is 12.3. The molecule has 0 aliphatic heterocycles. The van der Waals surface area contributed by atoms with E-state index in [1.807, 2.05) is 13.0 Å². The summed E-state index contributed by atoms with van der Waals surface area (Å²) in [6.07, 6.45) is 1.37. The third-order valence-corrected chi connectivity index (χ3v) is 2.58. The Balaban J connectivity index is 2.44. The molecule has 0 N–H and O–H groups in total. The van der Waals surface area contributed by atoms with Crippen molar-refractivity contribution < 1.29 is 9.53 Å². The summed E-state index contributed by atoms with van der Waals surface area (Å²) in [5.74, 6) is -0.437. The third kappa shape index (κ3) is 2.40. The molecule has 1 heterocycles. The number of nitrogens with zero attached hydrogens (tertiary/aromatic N) is 2. The molecule has 0 aliphatic carbocycles. The molecule has 5 nitrogen and oxygen atoms in total. The van der Waals surface area contributed by atoms with E-state index in [1.165, 1.54) is 10.9 Å². The topological polar surface area (TPSA) is 61.2 Å². The van der Waals surface area contributed by atoms with Crippen LogP contribution in [0.1, 0.15) is 12.5 Å². The highest BCUT2D eigenvalue weighted by atomic mass is 16.5. The van der Waals surface area contributed by atoms with Gasteiger partial charge in [-0.15, -0.1) is 0 Å². The zero-order valence-electron chi connectivity index (χ0n) is 10.3. The van der Waals surface area contributed by atoms with Crippen molar-refractivity contribution in [2.75, 3.05) is 6.61 Å². The van der Waals surface area contributed by atoms with Gasteiger partial charge in [-0.25, -0.2) is 4.98 Å². The van der Waals surface area contributed by atoms with Gasteiger partial charge in [0.2, 0.25) is 0 Å². The highest BCUT2D eigenvalue weighted by Crippen LogP contribution is 2.08. The number of carbonyl (C=O) groups is 1. The van der Waals surface area contributed by atoms with Crippen LogP contribution >= 0.6 is 0 Å². The smallest absolute Gasteiger partial charge is 0.326 e. The molecule has 0 amide bonds. The Morgan fingerprint density at radius 3 is 2.94 bits per heavy atom. The number of fused-ring (bicyclic) bond motifs is 1. The number of benzene rings is 1. The second kappa shape index (κ2) is 5.00. The molecule has 0 aliphatic rings. The van der Waals surface area contributed by atoms with Crippen molar-refractivity contribution in [1.29, 1.82) is 0 Å². The molecule has 2 aromatic rings. The SMILES string of the molecule is CCOC(=O)Cn1cnc2ccc(C)cc2c1=O. The fourth-order valence-electron chi connectivity index (χ4n) is 1.73. The fourth-order valence-corrected chi connectivity index (χ4v) is 1.73. The maximum Gasteiger partial charge on any atom is 0.326 e. The van der Waals surface area contributed by atoms with Crippen LogP contribution in [0.3, 0.4) is 0 Å². The monoisotopic (exact) mass is 246 g/mol. The molecule has 0 saturated heterocycles. The molecule has 2 rings (SSSR count). The van der Waals surface area contributed by atoms with Gasteiger partial charge in [0.15, 0.2) is 0 Å². The summed E-state index contributed by atoms with van der Waals surface area (Å²) >= 11 is 0. The van der Waals surface area contributed by atoms with Gasteiger partial charge in [-0.2, -0.15) is 0 Å². The molecule has 18 heavy (non-hydrogen) atoms. The maximum absolute atomic E-state index is 12.1. The summed E-state index contributed by atoms with van der Waals surface area (Å²) in [5.41, 5.74) is 1.39. The zero-order valence-corrected chi connectivity index (χ0v) is 10.3. The molecule has 5 heteroatoms. The number of carbonyl (C=O) groups excluding carboxylic acids is 1. The molecule has 0 radical (unpaired) electrons. The lowest BCUT2D eigenvalue weighted by molar-refractivity contribution is -0.143. The fraction of sp³-hybridized carbons (Fsp3) is 0.308. The Morgan fingerprint density at radius 1 is 1.44 bits per heavy atom. The van der Waals surface area contributed by atoms with E-state index in [9.17, 15) is 9.59 Å². The van der Waals surface area contributed by atoms with E-state index in [2.05, 4.69) is 4.98 Å². The number of hydrogen-bond donors (Lipinski definition) is 0. The Labute approximate surface area is 104 Å². The largest absolute Gasteiger partial charge is 0.465 e. The van der Waals surface area contributed by atoms with Gasteiger partial charge in [-0.05, 0) is 26.0 Å². The van der Waals surface area contributed by atoms with Crippen LogP contribution in [-0.2, 0) is 16.1 Å². The Kier molecular flexibility index (Phi) is 3.41. The van der Waals surface area contributed by atoms with Crippen LogP contribution in [0.25, 0.3) is 10.9 Å². The van der Waals surface area contributed by atoms with Crippen LogP contribution in [0.4, 0.5) is 0 Å². The van der Waals surface area contributed by atoms with Gasteiger partial charge in [-0.3, -0.25) is 14.2 Å². The standard InChI is InChI=1S/C13H14N2O3/c1-3-18-12(16)7-15-8-14-11-5-4-9(2)6-10(11)13(15)17/h4-6,8H,3,7H2,1-2H3. The van der Waals surface area contributed by atoms with Crippen LogP contribution in [0.5, 0.6) is 0 Å². The Hall–Kier alpha value is -2.17. The summed E-state index contributed by atoms with van der Waals surface area (Å²) in [4.78, 5) is 27.6. The highest BCUT2D eigenvalue weighted by molar-refractivity contribution is 5.78. The third-order valence-electron chi connectivity index (χ3n) is 2.58. The average Bonchev–Trinajstić information content (AvgIpc) is 2.34. The summed E-state index contributed by atoms with van der Waals surface area (Å²) in [7, 11) is 0. The second-order valence-electron chi connectivity index (χ2n) is 4.00. The first-order chi connectivity index (χ1) is 8.61. The molecular formula is C13H14N2O3. The van der Waals surface area contributed by atoms with Gasteiger partial charge in [0.1, 0.15) is 6.54 Å². The first-order valence-electron chi connectivity index (χ1n) is 5.73. The van der Waals surface area contributed by atoms with Gasteiger partial charge in [0.05, 0.1) is 23.8 Å². The van der Waals surface area contributed by atoms with E-state index in [0.717, 1.165) is 5.56 Å². The lowest BCUT2D eigenvalue weighted by atomic mass is 10.2. The van der Waals surface area contributed by atoms with Gasteiger partial charge < -0.3 is 4.74 Å². The molecule has 0 spiro atoms. The van der Waals surface area contributed by atoms with E-state index < -0.39 is 5.97 Å². The highest BCUT2D eigenvalue weighted by Gasteiger charge is 2.08. The zero-order chi connectivity index (χ0) is 13.1. The number of esters is 1. The second-order valence-corrected chi connectivity index (χ2v) is 4.00. The van der Waals surface area contributed by atoms with Crippen molar-refractivity contribution in [3.05, 3.63) is 40.4 Å². The van der Waals surface area contributed by atoms with Crippen LogP contribution in [0, 0.1) is 6.92 Å².